The predicted octanol–water partition coefficient (Wildman–Crippen LogP) is 4.95. The van der Waals surface area contributed by atoms with Gasteiger partial charge in [-0.25, -0.2) is 9.97 Å². The molecule has 0 saturated carbocycles. The number of aromatic nitrogens is 2. The number of carbonyl (C=O) groups excluding carboxylic acids is 1. The van der Waals surface area contributed by atoms with E-state index in [9.17, 15) is 4.79 Å². The lowest BCUT2D eigenvalue weighted by Gasteiger charge is -2.39. The maximum atomic E-state index is 13.7. The highest BCUT2D eigenvalue weighted by atomic mass is 35.5. The molecule has 30 heavy (non-hydrogen) atoms. The summed E-state index contributed by atoms with van der Waals surface area (Å²) in [5.41, 5.74) is 1.82. The Morgan fingerprint density at radius 2 is 1.87 bits per heavy atom. The number of fused-ring (bicyclic) bond motifs is 1. The van der Waals surface area contributed by atoms with Gasteiger partial charge in [-0.05, 0) is 43.5 Å². The second kappa shape index (κ2) is 8.50. The van der Waals surface area contributed by atoms with E-state index < -0.39 is 5.41 Å². The molecular formula is C23H23Cl2N3O2. The normalized spacial score (nSPS) is 15.9. The zero-order valence-electron chi connectivity index (χ0n) is 17.0. The average molecular weight is 444 g/mol. The fraction of sp³-hybridized carbons (Fsp3) is 0.348. The van der Waals surface area contributed by atoms with Gasteiger partial charge in [0.15, 0.2) is 0 Å². The molecule has 0 spiro atoms. The Balaban J connectivity index is 1.66. The van der Waals surface area contributed by atoms with Gasteiger partial charge in [0.1, 0.15) is 5.82 Å². The zero-order chi connectivity index (χ0) is 21.3. The van der Waals surface area contributed by atoms with Gasteiger partial charge in [0.2, 0.25) is 5.91 Å². The summed E-state index contributed by atoms with van der Waals surface area (Å²) in [6.45, 7) is 3.29. The molecule has 0 aliphatic carbocycles. The number of nitrogens with zero attached hydrogens (tertiary/aromatic N) is 3. The highest BCUT2D eigenvalue weighted by Crippen LogP contribution is 2.41. The van der Waals surface area contributed by atoms with Crippen LogP contribution in [0.4, 0.5) is 0 Å². The molecule has 1 aliphatic heterocycles. The third-order valence-electron chi connectivity index (χ3n) is 5.77. The summed E-state index contributed by atoms with van der Waals surface area (Å²) in [6.07, 6.45) is 1.13. The van der Waals surface area contributed by atoms with Gasteiger partial charge in [0.25, 0.3) is 0 Å². The second-order valence-electron chi connectivity index (χ2n) is 7.72. The van der Waals surface area contributed by atoms with Gasteiger partial charge >= 0.3 is 0 Å². The van der Waals surface area contributed by atoms with Crippen LogP contribution in [0.15, 0.2) is 42.5 Å². The average Bonchev–Trinajstić information content (AvgIpc) is 2.73. The maximum absolute atomic E-state index is 13.7. The molecule has 0 radical (unpaired) electrons. The summed E-state index contributed by atoms with van der Waals surface area (Å²) in [4.78, 5) is 24.7. The van der Waals surface area contributed by atoms with Crippen LogP contribution in [0.3, 0.4) is 0 Å². The monoisotopic (exact) mass is 443 g/mol. The molecule has 1 aromatic heterocycles. The summed E-state index contributed by atoms with van der Waals surface area (Å²) >= 11 is 12.6. The van der Waals surface area contributed by atoms with Crippen molar-refractivity contribution in [3.8, 4) is 0 Å². The number of hydrogen-bond donors (Lipinski definition) is 0. The SMILES string of the molecule is Cc1nc(CN(C)C(=O)C2(c3ccc(Cl)cc3Cl)CCOCC2)nc2ccccc12. The molecule has 1 saturated heterocycles. The highest BCUT2D eigenvalue weighted by molar-refractivity contribution is 6.35. The third kappa shape index (κ3) is 3.89. The van der Waals surface area contributed by atoms with Crippen LogP contribution in [-0.2, 0) is 21.5 Å². The topological polar surface area (TPSA) is 55.3 Å². The Morgan fingerprint density at radius 3 is 2.60 bits per heavy atom. The van der Waals surface area contributed by atoms with Crippen LogP contribution in [0, 0.1) is 6.92 Å². The number of rotatable bonds is 4. The minimum atomic E-state index is -0.749. The molecule has 156 valence electrons. The number of ether oxygens (including phenoxy) is 1. The number of likely N-dealkylation sites (N-methyl/N-ethyl adjacent to an activating group) is 1. The first kappa shape index (κ1) is 21.0. The van der Waals surface area contributed by atoms with Gasteiger partial charge in [0.05, 0.1) is 17.5 Å². The minimum absolute atomic E-state index is 0.00978. The lowest BCUT2D eigenvalue weighted by molar-refractivity contribution is -0.140. The number of amides is 1. The molecule has 7 heteroatoms. The van der Waals surface area contributed by atoms with Gasteiger partial charge in [-0.1, -0.05) is 47.5 Å². The molecule has 0 atom stereocenters. The van der Waals surface area contributed by atoms with Crippen LogP contribution in [0.5, 0.6) is 0 Å². The van der Waals surface area contributed by atoms with Crippen molar-refractivity contribution < 1.29 is 9.53 Å². The summed E-state index contributed by atoms with van der Waals surface area (Å²) in [6, 6.07) is 13.2. The third-order valence-corrected chi connectivity index (χ3v) is 6.32. The number of hydrogen-bond acceptors (Lipinski definition) is 4. The van der Waals surface area contributed by atoms with Crippen LogP contribution in [0.2, 0.25) is 10.0 Å². The highest BCUT2D eigenvalue weighted by Gasteiger charge is 2.44. The fourth-order valence-corrected chi connectivity index (χ4v) is 4.80. The first-order valence-corrected chi connectivity index (χ1v) is 10.7. The Morgan fingerprint density at radius 1 is 1.13 bits per heavy atom. The van der Waals surface area contributed by atoms with Crippen LogP contribution >= 0.6 is 23.2 Å². The quantitative estimate of drug-likeness (QED) is 0.572. The molecule has 1 aliphatic rings. The molecule has 4 rings (SSSR count). The number of para-hydroxylation sites is 1. The van der Waals surface area contributed by atoms with E-state index in [1.165, 1.54) is 0 Å². The number of aryl methyl sites for hydroxylation is 1. The molecule has 2 heterocycles. The van der Waals surface area contributed by atoms with Gasteiger partial charge in [-0.2, -0.15) is 0 Å². The molecule has 3 aromatic rings. The van der Waals surface area contributed by atoms with Crippen LogP contribution < -0.4 is 0 Å². The van der Waals surface area contributed by atoms with E-state index in [2.05, 4.69) is 9.97 Å². The predicted molar refractivity (Wildman–Crippen MR) is 119 cm³/mol. The first-order chi connectivity index (χ1) is 14.4. The van der Waals surface area contributed by atoms with Crippen LogP contribution in [0.1, 0.15) is 29.9 Å². The Hall–Kier alpha value is -2.21. The lowest BCUT2D eigenvalue weighted by atomic mass is 9.73. The van der Waals surface area contributed by atoms with Crippen molar-refractivity contribution in [3.05, 3.63) is 69.6 Å². The van der Waals surface area contributed by atoms with Gasteiger partial charge in [-0.3, -0.25) is 4.79 Å². The Bertz CT molecular complexity index is 1100. The van der Waals surface area contributed by atoms with Crippen molar-refractivity contribution in [1.29, 1.82) is 0 Å². The van der Waals surface area contributed by atoms with Crippen molar-refractivity contribution in [2.75, 3.05) is 20.3 Å². The summed E-state index contributed by atoms with van der Waals surface area (Å²) in [7, 11) is 1.79. The second-order valence-corrected chi connectivity index (χ2v) is 8.57. The smallest absolute Gasteiger partial charge is 0.233 e. The van der Waals surface area contributed by atoms with E-state index in [-0.39, 0.29) is 5.91 Å². The molecule has 0 unspecified atom stereocenters. The first-order valence-electron chi connectivity index (χ1n) is 9.92. The molecule has 1 fully saturated rings. The van der Waals surface area contributed by atoms with Crippen LogP contribution in [-0.4, -0.2) is 41.0 Å². The number of halogens is 2. The van der Waals surface area contributed by atoms with Crippen molar-refractivity contribution >= 4 is 40.0 Å². The van der Waals surface area contributed by atoms with Crippen LogP contribution in [0.25, 0.3) is 10.9 Å². The lowest BCUT2D eigenvalue weighted by Crippen LogP contribution is -2.48. The summed E-state index contributed by atoms with van der Waals surface area (Å²) in [5, 5.41) is 2.07. The number of carbonyl (C=O) groups is 1. The van der Waals surface area contributed by atoms with E-state index in [1.54, 1.807) is 24.1 Å². The largest absolute Gasteiger partial charge is 0.381 e. The van der Waals surface area contributed by atoms with Crippen molar-refractivity contribution in [2.24, 2.45) is 0 Å². The molecule has 5 nitrogen and oxygen atoms in total. The molecule has 0 N–H and O–H groups in total. The molecular weight excluding hydrogens is 421 g/mol. The molecule has 2 aromatic carbocycles. The molecule has 1 amide bonds. The van der Waals surface area contributed by atoms with E-state index in [1.807, 2.05) is 37.3 Å². The summed E-state index contributed by atoms with van der Waals surface area (Å²) < 4.78 is 5.56. The van der Waals surface area contributed by atoms with Gasteiger partial charge in [0, 0.05) is 41.4 Å². The van der Waals surface area contributed by atoms with E-state index >= 15 is 0 Å². The Kier molecular flexibility index (Phi) is 5.96. The minimum Gasteiger partial charge on any atom is -0.381 e. The standard InChI is InChI=1S/C23H23Cl2N3O2/c1-15-17-5-3-4-6-20(17)27-21(26-15)14-28(2)22(29)23(9-11-30-12-10-23)18-8-7-16(24)13-19(18)25/h3-8,13H,9-12,14H2,1-2H3. The summed E-state index contributed by atoms with van der Waals surface area (Å²) in [5.74, 6) is 0.607. The van der Waals surface area contributed by atoms with Gasteiger partial charge in [-0.15, -0.1) is 0 Å². The maximum Gasteiger partial charge on any atom is 0.233 e. The van der Waals surface area contributed by atoms with E-state index in [0.29, 0.717) is 48.5 Å². The fourth-order valence-electron chi connectivity index (χ4n) is 4.21. The van der Waals surface area contributed by atoms with Crippen molar-refractivity contribution in [1.82, 2.24) is 14.9 Å². The van der Waals surface area contributed by atoms with Crippen molar-refractivity contribution in [2.45, 2.75) is 31.7 Å². The van der Waals surface area contributed by atoms with E-state index in [0.717, 1.165) is 22.2 Å². The van der Waals surface area contributed by atoms with E-state index in [4.69, 9.17) is 27.9 Å². The zero-order valence-corrected chi connectivity index (χ0v) is 18.5. The number of benzene rings is 2. The molecule has 0 bridgehead atoms. The van der Waals surface area contributed by atoms with Gasteiger partial charge < -0.3 is 9.64 Å². The Labute approximate surface area is 186 Å². The van der Waals surface area contributed by atoms with Crippen molar-refractivity contribution in [3.63, 3.8) is 0 Å².